The lowest BCUT2D eigenvalue weighted by Gasteiger charge is -2.20. The fraction of sp³-hybridized carbons (Fsp3) is 0.944. The van der Waals surface area contributed by atoms with Crippen molar-refractivity contribution in [1.29, 1.82) is 0 Å². The van der Waals surface area contributed by atoms with Gasteiger partial charge in [-0.15, -0.1) is 0 Å². The van der Waals surface area contributed by atoms with Crippen LogP contribution in [0.4, 0.5) is 0 Å². The van der Waals surface area contributed by atoms with Crippen LogP contribution in [0.5, 0.6) is 0 Å². The first kappa shape index (κ1) is 46.0. The van der Waals surface area contributed by atoms with Gasteiger partial charge in [0.1, 0.15) is 12.2 Å². The van der Waals surface area contributed by atoms with Crippen molar-refractivity contribution < 1.29 is 47.8 Å². The summed E-state index contributed by atoms with van der Waals surface area (Å²) in [6.07, 6.45) is 26.7. The lowest BCUT2D eigenvalue weighted by molar-refractivity contribution is -0.153. The van der Waals surface area contributed by atoms with E-state index in [1.54, 1.807) is 0 Å². The maximum Gasteiger partial charge on any atom is 0.472 e. The molecule has 0 rings (SSSR count). The minimum Gasteiger partial charge on any atom is -0.457 e. The molecule has 0 fully saturated rings. The molecule has 3 unspecified atom stereocenters. The van der Waals surface area contributed by atoms with Crippen molar-refractivity contribution in [3.8, 4) is 0 Å². The van der Waals surface area contributed by atoms with Crippen molar-refractivity contribution in [3.63, 3.8) is 0 Å². The summed E-state index contributed by atoms with van der Waals surface area (Å²) in [5.41, 5.74) is 0. The minimum absolute atomic E-state index is 0.196. The van der Waals surface area contributed by atoms with Gasteiger partial charge < -0.3 is 24.6 Å². The molecule has 0 aliphatic rings. The highest BCUT2D eigenvalue weighted by molar-refractivity contribution is 7.47. The van der Waals surface area contributed by atoms with Gasteiger partial charge in [0, 0.05) is 12.8 Å². The Kier molecular flexibility index (Phi) is 32.7. The molecule has 0 radical (unpaired) electrons. The summed E-state index contributed by atoms with van der Waals surface area (Å²) in [5, 5.41) is 19.0. The van der Waals surface area contributed by atoms with Crippen molar-refractivity contribution in [2.24, 2.45) is 0 Å². The van der Waals surface area contributed by atoms with Gasteiger partial charge in [-0.25, -0.2) is 4.57 Å². The first-order valence-electron chi connectivity index (χ1n) is 19.0. The van der Waals surface area contributed by atoms with E-state index < -0.39 is 58.4 Å². The second-order valence-corrected chi connectivity index (χ2v) is 14.4. The summed E-state index contributed by atoms with van der Waals surface area (Å²) in [7, 11) is -4.62. The van der Waals surface area contributed by atoms with E-state index in [4.69, 9.17) is 18.5 Å². The van der Waals surface area contributed by atoms with Gasteiger partial charge in [-0.1, -0.05) is 155 Å². The number of hydrogen-bond acceptors (Lipinski definition) is 9. The number of phosphoric ester groups is 1. The van der Waals surface area contributed by atoms with Crippen LogP contribution in [-0.4, -0.2) is 65.7 Å². The highest BCUT2D eigenvalue weighted by Gasteiger charge is 2.27. The summed E-state index contributed by atoms with van der Waals surface area (Å²) >= 11 is 0. The molecular weight excluding hydrogens is 623 g/mol. The molecule has 0 aliphatic carbocycles. The third-order valence-electron chi connectivity index (χ3n) is 8.32. The van der Waals surface area contributed by atoms with Gasteiger partial charge in [0.15, 0.2) is 0 Å². The average molecular weight is 695 g/mol. The maximum absolute atomic E-state index is 12.3. The molecule has 280 valence electrons. The molecule has 0 spiro atoms. The van der Waals surface area contributed by atoms with Crippen LogP contribution < -0.4 is 0 Å². The Balaban J connectivity index is 3.92. The second kappa shape index (κ2) is 33.5. The van der Waals surface area contributed by atoms with E-state index in [-0.39, 0.29) is 12.8 Å². The summed E-state index contributed by atoms with van der Waals surface area (Å²) in [4.78, 5) is 34.2. The van der Waals surface area contributed by atoms with Gasteiger partial charge in [-0.2, -0.15) is 0 Å². The highest BCUT2D eigenvalue weighted by Crippen LogP contribution is 2.43. The largest absolute Gasteiger partial charge is 0.472 e. The Morgan fingerprint density at radius 3 is 1.00 bits per heavy atom. The summed E-state index contributed by atoms with van der Waals surface area (Å²) in [6, 6.07) is 0. The van der Waals surface area contributed by atoms with Crippen LogP contribution in [0.1, 0.15) is 181 Å². The summed E-state index contributed by atoms with van der Waals surface area (Å²) in [6.45, 7) is 2.17. The molecule has 47 heavy (non-hydrogen) atoms. The van der Waals surface area contributed by atoms with Gasteiger partial charge in [-0.3, -0.25) is 18.6 Å². The molecule has 0 amide bonds. The number of ether oxygens (including phenoxy) is 2. The van der Waals surface area contributed by atoms with Crippen molar-refractivity contribution >= 4 is 19.8 Å². The zero-order valence-electron chi connectivity index (χ0n) is 30.0. The first-order valence-corrected chi connectivity index (χ1v) is 20.5. The Morgan fingerprint density at radius 2 is 0.745 bits per heavy atom. The van der Waals surface area contributed by atoms with Crippen LogP contribution in [0.3, 0.4) is 0 Å². The highest BCUT2D eigenvalue weighted by atomic mass is 31.2. The predicted molar refractivity (Wildman–Crippen MR) is 187 cm³/mol. The number of phosphoric acid groups is 1. The maximum atomic E-state index is 12.3. The van der Waals surface area contributed by atoms with Crippen LogP contribution in [0, 0.1) is 0 Å². The minimum atomic E-state index is -4.62. The van der Waals surface area contributed by atoms with Crippen LogP contribution in [0.2, 0.25) is 0 Å². The normalized spacial score (nSPS) is 14.1. The van der Waals surface area contributed by atoms with Gasteiger partial charge in [0.05, 0.1) is 26.4 Å². The molecule has 0 saturated heterocycles. The first-order chi connectivity index (χ1) is 22.8. The topological polar surface area (TPSA) is 149 Å². The molecule has 0 aliphatic heterocycles. The number of aliphatic hydroxyl groups is 2. The number of carbonyl (C=O) groups is 2. The quantitative estimate of drug-likeness (QED) is 0.0329. The number of unbranched alkanes of at least 4 members (excludes halogenated alkanes) is 22. The van der Waals surface area contributed by atoms with Crippen molar-refractivity contribution in [2.45, 2.75) is 193 Å². The third-order valence-corrected chi connectivity index (χ3v) is 9.27. The molecule has 0 heterocycles. The molecule has 10 nitrogen and oxygen atoms in total. The van der Waals surface area contributed by atoms with Crippen LogP contribution >= 0.6 is 7.82 Å². The zero-order chi connectivity index (χ0) is 34.9. The SMILES string of the molecule is CCCCCCCCCCCCCCCCCCC(=O)OC(CO)COP(=O)(O)OCC(CO)OC(=O)CCCCCCCCCC. The van der Waals surface area contributed by atoms with Crippen LogP contribution in [-0.2, 0) is 32.7 Å². The molecule has 0 aromatic rings. The van der Waals surface area contributed by atoms with E-state index in [1.165, 1.54) is 103 Å². The third kappa shape index (κ3) is 32.0. The average Bonchev–Trinajstić information content (AvgIpc) is 3.05. The summed E-state index contributed by atoms with van der Waals surface area (Å²) < 4.78 is 32.3. The van der Waals surface area contributed by atoms with Crippen molar-refractivity contribution in [3.05, 3.63) is 0 Å². The van der Waals surface area contributed by atoms with E-state index in [9.17, 15) is 29.3 Å². The Hall–Kier alpha value is -1.03. The molecule has 0 bridgehead atoms. The second-order valence-electron chi connectivity index (χ2n) is 12.9. The molecular formula is C36H71O10P. The zero-order valence-corrected chi connectivity index (χ0v) is 30.9. The number of aliphatic hydroxyl groups excluding tert-OH is 2. The van der Waals surface area contributed by atoms with Crippen molar-refractivity contribution in [1.82, 2.24) is 0 Å². The monoisotopic (exact) mass is 694 g/mol. The van der Waals surface area contributed by atoms with Crippen molar-refractivity contribution in [2.75, 3.05) is 26.4 Å². The summed E-state index contributed by atoms with van der Waals surface area (Å²) in [5.74, 6) is -1.01. The van der Waals surface area contributed by atoms with Crippen LogP contribution in [0.15, 0.2) is 0 Å². The molecule has 0 aromatic carbocycles. The Labute approximate surface area is 286 Å². The smallest absolute Gasteiger partial charge is 0.457 e. The standard InChI is InChI=1S/C36H71O10P/c1-3-5-7-9-11-13-14-15-16-17-18-19-20-22-24-26-28-36(40)46-34(30-38)32-44-47(41,42)43-31-33(29-37)45-35(39)27-25-23-21-12-10-8-6-4-2/h33-34,37-38H,3-32H2,1-2H3,(H,41,42). The molecule has 0 aromatic heterocycles. The molecule has 3 N–H and O–H groups in total. The van der Waals surface area contributed by atoms with Gasteiger partial charge >= 0.3 is 19.8 Å². The fourth-order valence-corrected chi connectivity index (χ4v) is 6.13. The van der Waals surface area contributed by atoms with E-state index in [1.807, 2.05) is 0 Å². The van der Waals surface area contributed by atoms with E-state index in [0.717, 1.165) is 38.5 Å². The Bertz CT molecular complexity index is 766. The number of hydrogen-bond donors (Lipinski definition) is 3. The van der Waals surface area contributed by atoms with E-state index in [0.29, 0.717) is 12.8 Å². The lowest BCUT2D eigenvalue weighted by Crippen LogP contribution is -2.28. The molecule has 3 atom stereocenters. The van der Waals surface area contributed by atoms with E-state index in [2.05, 4.69) is 13.8 Å². The molecule has 0 saturated carbocycles. The molecule has 11 heteroatoms. The number of esters is 2. The van der Waals surface area contributed by atoms with Crippen LogP contribution in [0.25, 0.3) is 0 Å². The van der Waals surface area contributed by atoms with Gasteiger partial charge in [0.2, 0.25) is 0 Å². The number of carbonyl (C=O) groups excluding carboxylic acids is 2. The van der Waals surface area contributed by atoms with Gasteiger partial charge in [0.25, 0.3) is 0 Å². The van der Waals surface area contributed by atoms with Gasteiger partial charge in [-0.05, 0) is 12.8 Å². The van der Waals surface area contributed by atoms with E-state index >= 15 is 0 Å². The Morgan fingerprint density at radius 1 is 0.489 bits per heavy atom. The fourth-order valence-electron chi connectivity index (χ4n) is 5.35. The lowest BCUT2D eigenvalue weighted by atomic mass is 10.0. The number of rotatable bonds is 36. The predicted octanol–water partition coefficient (Wildman–Crippen LogP) is 9.11.